The SMILES string of the molecule is O=[SH](=O)C1CC(Cc2ccccc2)C1Cc1ccccc1. The van der Waals surface area contributed by atoms with E-state index in [0.29, 0.717) is 5.92 Å². The van der Waals surface area contributed by atoms with Gasteiger partial charge in [0.15, 0.2) is 0 Å². The Hall–Kier alpha value is -1.61. The molecule has 1 saturated carbocycles. The maximum Gasteiger partial charge on any atom is 0.143 e. The van der Waals surface area contributed by atoms with E-state index in [1.807, 2.05) is 36.4 Å². The van der Waals surface area contributed by atoms with Gasteiger partial charge in [0.2, 0.25) is 0 Å². The summed E-state index contributed by atoms with van der Waals surface area (Å²) >= 11 is 0. The summed E-state index contributed by atoms with van der Waals surface area (Å²) in [6.07, 6.45) is 2.66. The Morgan fingerprint density at radius 1 is 0.810 bits per heavy atom. The van der Waals surface area contributed by atoms with Crippen molar-refractivity contribution < 1.29 is 8.42 Å². The van der Waals surface area contributed by atoms with Crippen molar-refractivity contribution in [1.29, 1.82) is 0 Å². The highest BCUT2D eigenvalue weighted by Gasteiger charge is 2.42. The van der Waals surface area contributed by atoms with Crippen LogP contribution in [0.2, 0.25) is 0 Å². The molecule has 1 fully saturated rings. The molecule has 0 saturated heterocycles. The van der Waals surface area contributed by atoms with Gasteiger partial charge in [0.1, 0.15) is 10.7 Å². The molecule has 0 aromatic heterocycles. The second-order valence-corrected chi connectivity index (χ2v) is 7.13. The van der Waals surface area contributed by atoms with Gasteiger partial charge >= 0.3 is 0 Å². The average molecular weight is 300 g/mol. The molecule has 0 spiro atoms. The van der Waals surface area contributed by atoms with Crippen LogP contribution in [0.15, 0.2) is 60.7 Å². The van der Waals surface area contributed by atoms with Gasteiger partial charge in [-0.15, -0.1) is 0 Å². The Morgan fingerprint density at radius 2 is 1.33 bits per heavy atom. The maximum atomic E-state index is 11.4. The fourth-order valence-electron chi connectivity index (χ4n) is 3.36. The van der Waals surface area contributed by atoms with Gasteiger partial charge in [0, 0.05) is 0 Å². The first kappa shape index (κ1) is 14.3. The van der Waals surface area contributed by atoms with E-state index in [2.05, 4.69) is 24.3 Å². The lowest BCUT2D eigenvalue weighted by Gasteiger charge is -2.42. The molecular formula is C18H20O2S. The van der Waals surface area contributed by atoms with Gasteiger partial charge in [-0.1, -0.05) is 60.7 Å². The van der Waals surface area contributed by atoms with E-state index in [1.165, 1.54) is 11.1 Å². The number of benzene rings is 2. The number of hydrogen-bond donors (Lipinski definition) is 1. The molecule has 1 aliphatic rings. The highest BCUT2D eigenvalue weighted by molar-refractivity contribution is 7.73. The molecule has 2 aromatic carbocycles. The zero-order chi connectivity index (χ0) is 14.7. The van der Waals surface area contributed by atoms with E-state index in [1.54, 1.807) is 0 Å². The van der Waals surface area contributed by atoms with E-state index in [9.17, 15) is 8.42 Å². The smallest absolute Gasteiger partial charge is 0.143 e. The van der Waals surface area contributed by atoms with Crippen LogP contribution >= 0.6 is 0 Å². The van der Waals surface area contributed by atoms with Crippen LogP contribution in [0, 0.1) is 11.8 Å². The summed E-state index contributed by atoms with van der Waals surface area (Å²) in [6.45, 7) is 0. The van der Waals surface area contributed by atoms with E-state index >= 15 is 0 Å². The van der Waals surface area contributed by atoms with Crippen LogP contribution in [0.5, 0.6) is 0 Å². The predicted molar refractivity (Wildman–Crippen MR) is 86.0 cm³/mol. The lowest BCUT2D eigenvalue weighted by atomic mass is 9.68. The van der Waals surface area contributed by atoms with Gasteiger partial charge in [-0.3, -0.25) is 0 Å². The predicted octanol–water partition coefficient (Wildman–Crippen LogP) is 3.09. The molecule has 21 heavy (non-hydrogen) atoms. The molecule has 110 valence electrons. The van der Waals surface area contributed by atoms with Crippen molar-refractivity contribution in [3.8, 4) is 0 Å². The van der Waals surface area contributed by atoms with Crippen LogP contribution < -0.4 is 0 Å². The van der Waals surface area contributed by atoms with Gasteiger partial charge in [0.25, 0.3) is 0 Å². The first-order valence-electron chi connectivity index (χ1n) is 7.45. The topological polar surface area (TPSA) is 34.1 Å². The quantitative estimate of drug-likeness (QED) is 0.861. The van der Waals surface area contributed by atoms with Crippen molar-refractivity contribution in [3.05, 3.63) is 71.8 Å². The maximum absolute atomic E-state index is 11.4. The third-order valence-corrected chi connectivity index (χ3v) is 5.71. The molecule has 2 nitrogen and oxygen atoms in total. The Bertz CT molecular complexity index is 641. The van der Waals surface area contributed by atoms with Crippen LogP contribution in [0.25, 0.3) is 0 Å². The van der Waals surface area contributed by atoms with Crippen molar-refractivity contribution in [1.82, 2.24) is 0 Å². The third-order valence-electron chi connectivity index (χ3n) is 4.57. The van der Waals surface area contributed by atoms with Crippen molar-refractivity contribution >= 4 is 10.7 Å². The molecule has 0 N–H and O–H groups in total. The normalized spacial score (nSPS) is 24.7. The molecule has 0 bridgehead atoms. The monoisotopic (exact) mass is 300 g/mol. The fourth-order valence-corrected chi connectivity index (χ4v) is 4.47. The summed E-state index contributed by atoms with van der Waals surface area (Å²) in [5.74, 6) is 0.735. The number of thiol groups is 1. The van der Waals surface area contributed by atoms with Crippen molar-refractivity contribution in [2.24, 2.45) is 11.8 Å². The van der Waals surface area contributed by atoms with Crippen LogP contribution in [0.3, 0.4) is 0 Å². The van der Waals surface area contributed by atoms with E-state index < -0.39 is 10.7 Å². The highest BCUT2D eigenvalue weighted by atomic mass is 32.2. The Labute approximate surface area is 127 Å². The fraction of sp³-hybridized carbons (Fsp3) is 0.333. The molecule has 3 unspecified atom stereocenters. The summed E-state index contributed by atoms with van der Waals surface area (Å²) in [5, 5.41) is -0.145. The first-order chi connectivity index (χ1) is 10.2. The molecule has 3 atom stereocenters. The van der Waals surface area contributed by atoms with E-state index in [-0.39, 0.29) is 11.2 Å². The third kappa shape index (κ3) is 3.35. The summed E-state index contributed by atoms with van der Waals surface area (Å²) in [5.41, 5.74) is 2.54. The highest BCUT2D eigenvalue weighted by Crippen LogP contribution is 2.41. The summed E-state index contributed by atoms with van der Waals surface area (Å²) in [7, 11) is -2.31. The van der Waals surface area contributed by atoms with Crippen molar-refractivity contribution in [3.63, 3.8) is 0 Å². The minimum atomic E-state index is -2.31. The van der Waals surface area contributed by atoms with Gasteiger partial charge in [-0.25, -0.2) is 8.42 Å². The number of hydrogen-bond acceptors (Lipinski definition) is 2. The van der Waals surface area contributed by atoms with Crippen LogP contribution in [0.1, 0.15) is 17.5 Å². The molecular weight excluding hydrogens is 280 g/mol. The Kier molecular flexibility index (Phi) is 4.39. The van der Waals surface area contributed by atoms with Gasteiger partial charge in [0.05, 0.1) is 5.25 Å². The molecule has 0 aliphatic heterocycles. The lowest BCUT2D eigenvalue weighted by Crippen LogP contribution is -2.44. The van der Waals surface area contributed by atoms with Gasteiger partial charge in [-0.05, 0) is 42.2 Å². The van der Waals surface area contributed by atoms with Gasteiger partial charge < -0.3 is 0 Å². The summed E-state index contributed by atoms with van der Waals surface area (Å²) < 4.78 is 22.8. The zero-order valence-electron chi connectivity index (χ0n) is 11.9. The average Bonchev–Trinajstić information content (AvgIpc) is 2.50. The Morgan fingerprint density at radius 3 is 1.86 bits per heavy atom. The van der Waals surface area contributed by atoms with Gasteiger partial charge in [-0.2, -0.15) is 0 Å². The van der Waals surface area contributed by atoms with Crippen LogP contribution in [0.4, 0.5) is 0 Å². The molecule has 0 radical (unpaired) electrons. The molecule has 0 amide bonds. The second-order valence-electron chi connectivity index (χ2n) is 5.89. The largest absolute Gasteiger partial charge is 0.232 e. The summed E-state index contributed by atoms with van der Waals surface area (Å²) in [6, 6.07) is 20.6. The molecule has 2 aromatic rings. The Balaban J connectivity index is 1.72. The molecule has 3 rings (SSSR count). The second kappa shape index (κ2) is 6.44. The number of rotatable bonds is 5. The zero-order valence-corrected chi connectivity index (χ0v) is 12.8. The molecule has 3 heteroatoms. The minimum Gasteiger partial charge on any atom is -0.232 e. The van der Waals surface area contributed by atoms with Crippen molar-refractivity contribution in [2.75, 3.05) is 0 Å². The summed E-state index contributed by atoms with van der Waals surface area (Å²) in [4.78, 5) is 0. The first-order valence-corrected chi connectivity index (χ1v) is 8.70. The standard InChI is InChI=1S/C18H20O2S/c19-21(20)18-13-16(11-14-7-3-1-4-8-14)17(18)12-15-9-5-2-6-10-15/h1-10,16-18,21H,11-13H2. The molecule has 1 aliphatic carbocycles. The minimum absolute atomic E-state index is 0.145. The lowest BCUT2D eigenvalue weighted by molar-refractivity contribution is 0.181. The van der Waals surface area contributed by atoms with Crippen LogP contribution in [-0.4, -0.2) is 13.7 Å². The van der Waals surface area contributed by atoms with Crippen LogP contribution in [-0.2, 0) is 23.5 Å². The van der Waals surface area contributed by atoms with Crippen molar-refractivity contribution in [2.45, 2.75) is 24.5 Å². The molecule has 0 heterocycles. The van der Waals surface area contributed by atoms with E-state index in [0.717, 1.165) is 19.3 Å². The van der Waals surface area contributed by atoms with E-state index in [4.69, 9.17) is 0 Å².